The van der Waals surface area contributed by atoms with Crippen LogP contribution >= 0.6 is 0 Å². The van der Waals surface area contributed by atoms with Gasteiger partial charge in [0, 0.05) is 23.7 Å². The molecule has 5 heteroatoms. The Balaban J connectivity index is 2.18. The van der Waals surface area contributed by atoms with E-state index in [4.69, 9.17) is 5.73 Å². The van der Waals surface area contributed by atoms with Crippen LogP contribution in [0.3, 0.4) is 0 Å². The molecule has 2 atom stereocenters. The largest absolute Gasteiger partial charge is 0.382 e. The third kappa shape index (κ3) is 3.74. The van der Waals surface area contributed by atoms with Crippen LogP contribution in [0.1, 0.15) is 45.1 Å². The minimum atomic E-state index is -0.633. The zero-order valence-electron chi connectivity index (χ0n) is 12.8. The summed E-state index contributed by atoms with van der Waals surface area (Å²) in [6.07, 6.45) is 0.858. The molecule has 0 spiro atoms. The van der Waals surface area contributed by atoms with Crippen LogP contribution in [0.5, 0.6) is 0 Å². The van der Waals surface area contributed by atoms with Gasteiger partial charge in [0.2, 0.25) is 11.8 Å². The van der Waals surface area contributed by atoms with Gasteiger partial charge in [-0.1, -0.05) is 18.2 Å². The molecule has 0 saturated carbocycles. The number of anilines is 1. The number of nitrogens with one attached hydrogen (secondary N) is 2. The molecule has 1 aromatic rings. The first-order valence-corrected chi connectivity index (χ1v) is 7.24. The summed E-state index contributed by atoms with van der Waals surface area (Å²) < 4.78 is 0. The van der Waals surface area contributed by atoms with E-state index in [-0.39, 0.29) is 24.3 Å². The number of benzene rings is 1. The molecule has 1 heterocycles. The molecular formula is C16H23N3O2. The molecule has 0 aliphatic carbocycles. The maximum absolute atomic E-state index is 12.6. The summed E-state index contributed by atoms with van der Waals surface area (Å²) in [5.41, 5.74) is 6.60. The van der Waals surface area contributed by atoms with E-state index in [2.05, 4.69) is 17.6 Å². The van der Waals surface area contributed by atoms with Crippen molar-refractivity contribution in [2.75, 3.05) is 5.32 Å². The van der Waals surface area contributed by atoms with Gasteiger partial charge < -0.3 is 16.4 Å². The first-order valence-electron chi connectivity index (χ1n) is 7.24. The van der Waals surface area contributed by atoms with E-state index < -0.39 is 11.4 Å². The number of hydrogen-bond acceptors (Lipinski definition) is 3. The van der Waals surface area contributed by atoms with Crippen molar-refractivity contribution in [1.29, 1.82) is 0 Å². The highest BCUT2D eigenvalue weighted by Gasteiger charge is 2.32. The van der Waals surface area contributed by atoms with Crippen molar-refractivity contribution in [3.63, 3.8) is 0 Å². The lowest BCUT2D eigenvalue weighted by atomic mass is 9.86. The van der Waals surface area contributed by atoms with Gasteiger partial charge in [-0.3, -0.25) is 9.59 Å². The zero-order chi connectivity index (χ0) is 15.6. The van der Waals surface area contributed by atoms with Gasteiger partial charge in [-0.2, -0.15) is 0 Å². The first kappa shape index (κ1) is 15.4. The number of rotatable bonds is 4. The Kier molecular flexibility index (Phi) is 4.21. The van der Waals surface area contributed by atoms with Gasteiger partial charge in [0.15, 0.2) is 0 Å². The molecule has 1 aliphatic heterocycles. The quantitative estimate of drug-likeness (QED) is 0.789. The van der Waals surface area contributed by atoms with Crippen LogP contribution in [-0.4, -0.2) is 23.4 Å². The van der Waals surface area contributed by atoms with E-state index in [1.54, 1.807) is 0 Å². The summed E-state index contributed by atoms with van der Waals surface area (Å²) in [5.74, 6) is -0.675. The second-order valence-corrected chi connectivity index (χ2v) is 6.44. The average Bonchev–Trinajstić information content (AvgIpc) is 2.35. The maximum Gasteiger partial charge on any atom is 0.228 e. The fraction of sp³-hybridized carbons (Fsp3) is 0.500. The molecule has 2 unspecified atom stereocenters. The molecule has 114 valence electrons. The summed E-state index contributed by atoms with van der Waals surface area (Å²) in [7, 11) is 0. The van der Waals surface area contributed by atoms with Crippen LogP contribution in [0.15, 0.2) is 24.3 Å². The lowest BCUT2D eigenvalue weighted by Crippen LogP contribution is -2.48. The fourth-order valence-corrected chi connectivity index (χ4v) is 2.89. The van der Waals surface area contributed by atoms with Gasteiger partial charge in [-0.05, 0) is 38.8 Å². The molecule has 1 aromatic carbocycles. The predicted octanol–water partition coefficient (Wildman–Crippen LogP) is 1.74. The standard InChI is InChI=1S/C16H23N3O2/c1-10-8-12(11-6-4-5-7-13(11)18-10)15(21)19-16(2,3)9-14(17)20/h4-7,10,12,18H,8-9H2,1-3H3,(H2,17,20)(H,19,21). The molecule has 21 heavy (non-hydrogen) atoms. The Morgan fingerprint density at radius 3 is 2.71 bits per heavy atom. The lowest BCUT2D eigenvalue weighted by molar-refractivity contribution is -0.125. The van der Waals surface area contributed by atoms with E-state index in [1.165, 1.54) is 0 Å². The van der Waals surface area contributed by atoms with Gasteiger partial charge in [0.25, 0.3) is 0 Å². The van der Waals surface area contributed by atoms with E-state index >= 15 is 0 Å². The second kappa shape index (κ2) is 5.76. The molecule has 0 saturated heterocycles. The van der Waals surface area contributed by atoms with Crippen LogP contribution in [0.2, 0.25) is 0 Å². The third-order valence-electron chi connectivity index (χ3n) is 3.72. The van der Waals surface area contributed by atoms with Crippen LogP contribution < -0.4 is 16.4 Å². The molecule has 4 N–H and O–H groups in total. The number of fused-ring (bicyclic) bond motifs is 1. The van der Waals surface area contributed by atoms with Crippen molar-refractivity contribution in [3.8, 4) is 0 Å². The highest BCUT2D eigenvalue weighted by atomic mass is 16.2. The molecule has 0 fully saturated rings. The van der Waals surface area contributed by atoms with Crippen LogP contribution in [0.4, 0.5) is 5.69 Å². The minimum absolute atomic E-state index is 0.0537. The minimum Gasteiger partial charge on any atom is -0.382 e. The van der Waals surface area contributed by atoms with Crippen molar-refractivity contribution < 1.29 is 9.59 Å². The SMILES string of the molecule is CC1CC(C(=O)NC(C)(C)CC(N)=O)c2ccccc2N1. The number of carbonyl (C=O) groups excluding carboxylic acids is 2. The molecule has 0 aromatic heterocycles. The highest BCUT2D eigenvalue weighted by Crippen LogP contribution is 2.34. The number of primary amides is 1. The number of hydrogen-bond donors (Lipinski definition) is 3. The van der Waals surface area contributed by atoms with E-state index in [0.29, 0.717) is 0 Å². The smallest absolute Gasteiger partial charge is 0.228 e. The van der Waals surface area contributed by atoms with Crippen molar-refractivity contribution in [3.05, 3.63) is 29.8 Å². The van der Waals surface area contributed by atoms with Gasteiger partial charge >= 0.3 is 0 Å². The van der Waals surface area contributed by atoms with Gasteiger partial charge in [0.1, 0.15) is 0 Å². The topological polar surface area (TPSA) is 84.2 Å². The molecule has 1 aliphatic rings. The molecule has 0 radical (unpaired) electrons. The van der Waals surface area contributed by atoms with Crippen molar-refractivity contribution in [2.24, 2.45) is 5.73 Å². The van der Waals surface area contributed by atoms with Gasteiger partial charge in [0.05, 0.1) is 5.92 Å². The van der Waals surface area contributed by atoms with Crippen LogP contribution in [0, 0.1) is 0 Å². The Hall–Kier alpha value is -2.04. The maximum atomic E-state index is 12.6. The van der Waals surface area contributed by atoms with Crippen LogP contribution in [0.25, 0.3) is 0 Å². The summed E-state index contributed by atoms with van der Waals surface area (Å²) in [6.45, 7) is 5.68. The van der Waals surface area contributed by atoms with E-state index in [9.17, 15) is 9.59 Å². The number of para-hydroxylation sites is 1. The first-order chi connectivity index (χ1) is 9.78. The fourth-order valence-electron chi connectivity index (χ4n) is 2.89. The molecule has 2 amide bonds. The molecule has 2 rings (SSSR count). The molecular weight excluding hydrogens is 266 g/mol. The number of amides is 2. The summed E-state index contributed by atoms with van der Waals surface area (Å²) >= 11 is 0. The van der Waals surface area contributed by atoms with E-state index in [0.717, 1.165) is 17.7 Å². The summed E-state index contributed by atoms with van der Waals surface area (Å²) in [6, 6.07) is 8.08. The van der Waals surface area contributed by atoms with Gasteiger partial charge in [-0.25, -0.2) is 0 Å². The van der Waals surface area contributed by atoms with E-state index in [1.807, 2.05) is 38.1 Å². The molecule has 5 nitrogen and oxygen atoms in total. The van der Waals surface area contributed by atoms with Crippen molar-refractivity contribution >= 4 is 17.5 Å². The Morgan fingerprint density at radius 1 is 1.38 bits per heavy atom. The highest BCUT2D eigenvalue weighted by molar-refractivity contribution is 5.87. The van der Waals surface area contributed by atoms with Gasteiger partial charge in [-0.15, -0.1) is 0 Å². The Morgan fingerprint density at radius 2 is 2.05 bits per heavy atom. The predicted molar refractivity (Wildman–Crippen MR) is 82.9 cm³/mol. The average molecular weight is 289 g/mol. The Labute approximate surface area is 125 Å². The van der Waals surface area contributed by atoms with Crippen molar-refractivity contribution in [1.82, 2.24) is 5.32 Å². The lowest BCUT2D eigenvalue weighted by Gasteiger charge is -2.33. The third-order valence-corrected chi connectivity index (χ3v) is 3.72. The number of nitrogens with two attached hydrogens (primary N) is 1. The monoisotopic (exact) mass is 289 g/mol. The summed E-state index contributed by atoms with van der Waals surface area (Å²) in [4.78, 5) is 23.7. The second-order valence-electron chi connectivity index (χ2n) is 6.44. The number of carbonyl (C=O) groups is 2. The van der Waals surface area contributed by atoms with Crippen molar-refractivity contribution in [2.45, 2.75) is 51.1 Å². The Bertz CT molecular complexity index is 554. The normalized spacial score (nSPS) is 21.1. The zero-order valence-corrected chi connectivity index (χ0v) is 12.8. The molecule has 0 bridgehead atoms. The summed E-state index contributed by atoms with van der Waals surface area (Å²) in [5, 5.41) is 6.34. The van der Waals surface area contributed by atoms with Crippen LogP contribution in [-0.2, 0) is 9.59 Å².